The van der Waals surface area contributed by atoms with Gasteiger partial charge in [-0.15, -0.1) is 0 Å². The van der Waals surface area contributed by atoms with Gasteiger partial charge in [0.1, 0.15) is 24.4 Å². The molecular weight excluding hydrogens is 484 g/mol. The minimum Gasteiger partial charge on any atom is -0.488 e. The molecule has 1 aromatic heterocycles. The second-order valence-corrected chi connectivity index (χ2v) is 9.49. The van der Waals surface area contributed by atoms with Gasteiger partial charge >= 0.3 is 0 Å². The van der Waals surface area contributed by atoms with E-state index in [9.17, 15) is 22.0 Å². The minimum absolute atomic E-state index is 0.00608. The van der Waals surface area contributed by atoms with Gasteiger partial charge in [-0.3, -0.25) is 4.79 Å². The number of aryl methyl sites for hydroxylation is 1. The number of hydrogen-bond donors (Lipinski definition) is 2. The first-order valence-corrected chi connectivity index (χ1v) is 12.0. The summed E-state index contributed by atoms with van der Waals surface area (Å²) in [6.45, 7) is -0.251. The van der Waals surface area contributed by atoms with Crippen molar-refractivity contribution in [2.75, 3.05) is 25.8 Å². The fourth-order valence-electron chi connectivity index (χ4n) is 3.78. The van der Waals surface area contributed by atoms with E-state index in [2.05, 4.69) is 10.0 Å². The fraction of sp³-hybridized carbons (Fsp3) is 0.261. The number of nitrogens with zero attached hydrogens (tertiary/aromatic N) is 1. The first kappa shape index (κ1) is 24.8. The maximum atomic E-state index is 13.6. The maximum absolute atomic E-state index is 13.6. The van der Waals surface area contributed by atoms with Crippen LogP contribution >= 0.6 is 0 Å². The molecule has 0 saturated heterocycles. The molecule has 3 aromatic rings. The molecule has 1 amide bonds. The van der Waals surface area contributed by atoms with Crippen LogP contribution in [0.1, 0.15) is 22.2 Å². The monoisotopic (exact) mass is 507 g/mol. The standard InChI is InChI=1S/C23H23F2N3O6S/c1-28-11-19-22(20(28)23(29)26-15-8-9-16(24)17(25)10-15)33-12-18(27-35(19,30)31)21(34-13-32-2)14-6-4-3-5-7-14/h3-11,18,21,27H,12-13H2,1-2H3,(H,26,29). The molecule has 0 saturated carbocycles. The van der Waals surface area contributed by atoms with Crippen LogP contribution < -0.4 is 14.8 Å². The zero-order valence-corrected chi connectivity index (χ0v) is 19.6. The summed E-state index contributed by atoms with van der Waals surface area (Å²) in [5.41, 5.74) is 0.586. The van der Waals surface area contributed by atoms with E-state index in [1.807, 2.05) is 6.07 Å². The molecule has 186 valence electrons. The van der Waals surface area contributed by atoms with E-state index >= 15 is 0 Å². The Kier molecular flexibility index (Phi) is 7.17. The van der Waals surface area contributed by atoms with Gasteiger partial charge in [-0.25, -0.2) is 21.9 Å². The number of benzene rings is 2. The first-order chi connectivity index (χ1) is 16.7. The largest absolute Gasteiger partial charge is 0.488 e. The lowest BCUT2D eigenvalue weighted by Crippen LogP contribution is -2.42. The molecular formula is C23H23F2N3O6S. The van der Waals surface area contributed by atoms with E-state index in [4.69, 9.17) is 14.2 Å². The average Bonchev–Trinajstić information content (AvgIpc) is 3.11. The molecule has 2 heterocycles. The number of carbonyl (C=O) groups is 1. The third-order valence-corrected chi connectivity index (χ3v) is 6.84. The lowest BCUT2D eigenvalue weighted by Gasteiger charge is -2.26. The Balaban J connectivity index is 1.65. The molecule has 0 bridgehead atoms. The number of hydrogen-bond acceptors (Lipinski definition) is 6. The Hall–Kier alpha value is -3.32. The average molecular weight is 508 g/mol. The van der Waals surface area contributed by atoms with Gasteiger partial charge in [0.2, 0.25) is 10.0 Å². The normalized spacial score (nSPS) is 17.7. The number of fused-ring (bicyclic) bond motifs is 1. The highest BCUT2D eigenvalue weighted by Gasteiger charge is 2.38. The van der Waals surface area contributed by atoms with Crippen LogP contribution in [0.3, 0.4) is 0 Å². The van der Waals surface area contributed by atoms with E-state index in [1.165, 1.54) is 31.0 Å². The zero-order valence-electron chi connectivity index (χ0n) is 18.8. The lowest BCUT2D eigenvalue weighted by molar-refractivity contribution is -0.0866. The highest BCUT2D eigenvalue weighted by Crippen LogP contribution is 2.35. The molecule has 1 aliphatic heterocycles. The maximum Gasteiger partial charge on any atom is 0.276 e. The van der Waals surface area contributed by atoms with Crippen molar-refractivity contribution in [1.29, 1.82) is 0 Å². The Bertz CT molecular complexity index is 1330. The highest BCUT2D eigenvalue weighted by molar-refractivity contribution is 7.89. The molecule has 2 aromatic carbocycles. The number of halogens is 2. The van der Waals surface area contributed by atoms with Crippen molar-refractivity contribution >= 4 is 21.6 Å². The van der Waals surface area contributed by atoms with E-state index in [1.54, 1.807) is 24.3 Å². The van der Waals surface area contributed by atoms with Crippen LogP contribution in [0.5, 0.6) is 5.75 Å². The number of nitrogens with one attached hydrogen (secondary N) is 2. The summed E-state index contributed by atoms with van der Waals surface area (Å²) in [5, 5.41) is 2.44. The summed E-state index contributed by atoms with van der Waals surface area (Å²) in [7, 11) is -1.21. The third kappa shape index (κ3) is 5.20. The van der Waals surface area contributed by atoms with Gasteiger partial charge in [-0.05, 0) is 17.7 Å². The highest BCUT2D eigenvalue weighted by atomic mass is 32.2. The van der Waals surface area contributed by atoms with Gasteiger partial charge in [-0.2, -0.15) is 0 Å². The molecule has 2 atom stereocenters. The number of anilines is 1. The lowest BCUT2D eigenvalue weighted by atomic mass is 10.0. The summed E-state index contributed by atoms with van der Waals surface area (Å²) in [6, 6.07) is 11.0. The predicted molar refractivity (Wildman–Crippen MR) is 121 cm³/mol. The van der Waals surface area contributed by atoms with Crippen LogP contribution in [0, 0.1) is 11.6 Å². The van der Waals surface area contributed by atoms with E-state index < -0.39 is 39.7 Å². The predicted octanol–water partition coefficient (Wildman–Crippen LogP) is 2.96. The number of aromatic nitrogens is 1. The van der Waals surface area contributed by atoms with Crippen molar-refractivity contribution in [3.63, 3.8) is 0 Å². The van der Waals surface area contributed by atoms with Crippen LogP contribution in [0.4, 0.5) is 14.5 Å². The van der Waals surface area contributed by atoms with Crippen LogP contribution in [-0.4, -0.2) is 45.4 Å². The number of ether oxygens (including phenoxy) is 3. The SMILES string of the molecule is COCOC(c1ccccc1)C1COc2c(cn(C)c2C(=O)Nc2ccc(F)c(F)c2)S(=O)(=O)N1. The minimum atomic E-state index is -4.13. The molecule has 2 N–H and O–H groups in total. The quantitative estimate of drug-likeness (QED) is 0.476. The van der Waals surface area contributed by atoms with Gasteiger partial charge < -0.3 is 24.1 Å². The van der Waals surface area contributed by atoms with Crippen molar-refractivity contribution in [3.05, 3.63) is 77.6 Å². The Morgan fingerprint density at radius 3 is 2.66 bits per heavy atom. The van der Waals surface area contributed by atoms with Gasteiger partial charge in [-0.1, -0.05) is 30.3 Å². The molecule has 2 unspecified atom stereocenters. The molecule has 0 aliphatic carbocycles. The molecule has 9 nitrogen and oxygen atoms in total. The number of carbonyl (C=O) groups excluding carboxylic acids is 1. The summed E-state index contributed by atoms with van der Waals surface area (Å²) in [5.74, 6) is -3.13. The second-order valence-electron chi connectivity index (χ2n) is 7.81. The Morgan fingerprint density at radius 1 is 1.23 bits per heavy atom. The molecule has 0 radical (unpaired) electrons. The Morgan fingerprint density at radius 2 is 1.97 bits per heavy atom. The summed E-state index contributed by atoms with van der Waals surface area (Å²) < 4.78 is 73.7. The molecule has 1 aliphatic rings. The van der Waals surface area contributed by atoms with Crippen molar-refractivity contribution in [2.24, 2.45) is 7.05 Å². The fourth-order valence-corrected chi connectivity index (χ4v) is 5.20. The van der Waals surface area contributed by atoms with Crippen LogP contribution in [0.15, 0.2) is 59.6 Å². The second kappa shape index (κ2) is 10.1. The van der Waals surface area contributed by atoms with Crippen LogP contribution in [-0.2, 0) is 26.5 Å². The topological polar surface area (TPSA) is 108 Å². The van der Waals surface area contributed by atoms with E-state index in [0.717, 1.165) is 12.1 Å². The molecule has 35 heavy (non-hydrogen) atoms. The number of rotatable bonds is 7. The van der Waals surface area contributed by atoms with Crippen LogP contribution in [0.25, 0.3) is 0 Å². The molecule has 12 heteroatoms. The number of amides is 1. The molecule has 0 spiro atoms. The Labute approximate surface area is 200 Å². The van der Waals surface area contributed by atoms with E-state index in [0.29, 0.717) is 5.56 Å². The number of sulfonamides is 1. The van der Waals surface area contributed by atoms with Gasteiger partial charge in [0, 0.05) is 32.1 Å². The number of methoxy groups -OCH3 is 1. The van der Waals surface area contributed by atoms with Gasteiger partial charge in [0.15, 0.2) is 23.1 Å². The zero-order chi connectivity index (χ0) is 25.2. The summed E-state index contributed by atoms with van der Waals surface area (Å²) in [6.07, 6.45) is 0.497. The smallest absolute Gasteiger partial charge is 0.276 e. The third-order valence-electron chi connectivity index (χ3n) is 5.36. The molecule has 4 rings (SSSR count). The van der Waals surface area contributed by atoms with E-state index in [-0.39, 0.29) is 35.4 Å². The van der Waals surface area contributed by atoms with Crippen molar-refractivity contribution < 1.29 is 36.2 Å². The van der Waals surface area contributed by atoms with Crippen molar-refractivity contribution in [3.8, 4) is 5.75 Å². The molecule has 0 fully saturated rings. The van der Waals surface area contributed by atoms with Crippen molar-refractivity contribution in [1.82, 2.24) is 9.29 Å². The first-order valence-electron chi connectivity index (χ1n) is 10.5. The van der Waals surface area contributed by atoms with Gasteiger partial charge in [0.25, 0.3) is 5.91 Å². The van der Waals surface area contributed by atoms with Crippen LogP contribution in [0.2, 0.25) is 0 Å². The van der Waals surface area contributed by atoms with Gasteiger partial charge in [0.05, 0.1) is 6.04 Å². The van der Waals surface area contributed by atoms with Crippen molar-refractivity contribution in [2.45, 2.75) is 17.0 Å². The summed E-state index contributed by atoms with van der Waals surface area (Å²) in [4.78, 5) is 12.7. The summed E-state index contributed by atoms with van der Waals surface area (Å²) >= 11 is 0.